The van der Waals surface area contributed by atoms with E-state index in [-0.39, 0.29) is 23.9 Å². The Bertz CT molecular complexity index is 1090. The minimum absolute atomic E-state index is 0.0102. The van der Waals surface area contributed by atoms with Crippen molar-refractivity contribution in [2.75, 3.05) is 11.4 Å². The number of carboxylic acids is 1. The monoisotopic (exact) mass is 463 g/mol. The van der Waals surface area contributed by atoms with Crippen LogP contribution in [0.25, 0.3) is 0 Å². The molecule has 2 fully saturated rings. The van der Waals surface area contributed by atoms with Crippen LogP contribution in [0.1, 0.15) is 35.2 Å². The summed E-state index contributed by atoms with van der Waals surface area (Å²) in [5.74, 6) is -2.71. The van der Waals surface area contributed by atoms with E-state index in [1.807, 2.05) is 23.0 Å². The number of aryl methyl sites for hydroxylation is 1. The molecular formula is C21H20F3N5O4. The summed E-state index contributed by atoms with van der Waals surface area (Å²) in [6.07, 6.45) is 0.319. The maximum absolute atomic E-state index is 13.0. The van der Waals surface area contributed by atoms with Crippen molar-refractivity contribution in [3.8, 4) is 6.07 Å². The number of likely N-dealkylation sites (tertiary alicyclic amines) is 1. The van der Waals surface area contributed by atoms with Gasteiger partial charge in [0.05, 0.1) is 35.6 Å². The van der Waals surface area contributed by atoms with Gasteiger partial charge in [0.15, 0.2) is 0 Å². The van der Waals surface area contributed by atoms with Gasteiger partial charge in [-0.25, -0.2) is 4.79 Å². The number of hydrogen-bond donors (Lipinski definition) is 1. The Balaban J connectivity index is 0.000000383. The van der Waals surface area contributed by atoms with Gasteiger partial charge in [-0.1, -0.05) is 0 Å². The average molecular weight is 463 g/mol. The number of carboxylic acid groups (broad SMARTS) is 1. The number of benzene rings is 1. The minimum atomic E-state index is -5.08. The molecule has 1 aromatic carbocycles. The molecule has 12 heteroatoms. The average Bonchev–Trinajstić information content (AvgIpc) is 3.39. The third-order valence-electron chi connectivity index (χ3n) is 5.50. The highest BCUT2D eigenvalue weighted by atomic mass is 19.4. The molecule has 0 saturated carbocycles. The van der Waals surface area contributed by atoms with E-state index in [0.717, 1.165) is 12.1 Å². The lowest BCUT2D eigenvalue weighted by Gasteiger charge is -2.39. The SMILES string of the molecule is Cn1cc(N2C(=O)CC[C@@H]3[C@H]2CCN3C(=O)c2ccc(C#N)cc2)cn1.O=C(O)C(F)(F)F. The molecule has 9 nitrogen and oxygen atoms in total. The van der Waals surface area contributed by atoms with Gasteiger partial charge >= 0.3 is 12.1 Å². The van der Waals surface area contributed by atoms with Crippen LogP contribution in [-0.2, 0) is 16.6 Å². The summed E-state index contributed by atoms with van der Waals surface area (Å²) < 4.78 is 33.4. The van der Waals surface area contributed by atoms with Gasteiger partial charge in [0.25, 0.3) is 5.91 Å². The molecule has 0 aliphatic carbocycles. The number of fused-ring (bicyclic) bond motifs is 1. The molecule has 2 saturated heterocycles. The smallest absolute Gasteiger partial charge is 0.475 e. The summed E-state index contributed by atoms with van der Waals surface area (Å²) in [7, 11) is 1.82. The van der Waals surface area contributed by atoms with Crippen LogP contribution in [0.3, 0.4) is 0 Å². The van der Waals surface area contributed by atoms with Gasteiger partial charge in [0.2, 0.25) is 5.91 Å². The Morgan fingerprint density at radius 1 is 1.18 bits per heavy atom. The quantitative estimate of drug-likeness (QED) is 0.730. The molecule has 1 N–H and O–H groups in total. The van der Waals surface area contributed by atoms with Crippen LogP contribution in [0.2, 0.25) is 0 Å². The van der Waals surface area contributed by atoms with E-state index in [9.17, 15) is 22.8 Å². The number of nitriles is 1. The van der Waals surface area contributed by atoms with Crippen LogP contribution in [0, 0.1) is 11.3 Å². The number of aliphatic carboxylic acids is 1. The third kappa shape index (κ3) is 5.14. The van der Waals surface area contributed by atoms with Gasteiger partial charge in [-0.3, -0.25) is 14.3 Å². The lowest BCUT2D eigenvalue weighted by atomic mass is 9.95. The van der Waals surface area contributed by atoms with Crippen LogP contribution in [0.15, 0.2) is 36.7 Å². The molecule has 1 aromatic heterocycles. The Morgan fingerprint density at radius 3 is 2.33 bits per heavy atom. The highest BCUT2D eigenvalue weighted by Gasteiger charge is 2.45. The molecule has 174 valence electrons. The van der Waals surface area contributed by atoms with E-state index in [2.05, 4.69) is 11.2 Å². The number of anilines is 1. The van der Waals surface area contributed by atoms with E-state index in [1.54, 1.807) is 35.1 Å². The van der Waals surface area contributed by atoms with Crippen LogP contribution >= 0.6 is 0 Å². The molecule has 0 radical (unpaired) electrons. The Kier molecular flexibility index (Phi) is 6.71. The van der Waals surface area contributed by atoms with Gasteiger partial charge in [0, 0.05) is 31.8 Å². The summed E-state index contributed by atoms with van der Waals surface area (Å²) in [6, 6.07) is 8.77. The number of alkyl halides is 3. The fraction of sp³-hybridized carbons (Fsp3) is 0.381. The number of aromatic nitrogens is 2. The lowest BCUT2D eigenvalue weighted by molar-refractivity contribution is -0.192. The zero-order valence-corrected chi connectivity index (χ0v) is 17.5. The number of carbonyl (C=O) groups is 3. The zero-order valence-electron chi connectivity index (χ0n) is 17.5. The van der Waals surface area contributed by atoms with Crippen LogP contribution in [0.5, 0.6) is 0 Å². The molecule has 2 aliphatic heterocycles. The van der Waals surface area contributed by atoms with Crippen molar-refractivity contribution in [1.82, 2.24) is 14.7 Å². The maximum Gasteiger partial charge on any atom is 0.490 e. The van der Waals surface area contributed by atoms with Gasteiger partial charge < -0.3 is 14.9 Å². The zero-order chi connectivity index (χ0) is 24.3. The van der Waals surface area contributed by atoms with Crippen molar-refractivity contribution in [2.24, 2.45) is 7.05 Å². The highest BCUT2D eigenvalue weighted by Crippen LogP contribution is 2.35. The number of halogens is 3. The lowest BCUT2D eigenvalue weighted by Crippen LogP contribution is -2.53. The van der Waals surface area contributed by atoms with Gasteiger partial charge in [0.1, 0.15) is 0 Å². The van der Waals surface area contributed by atoms with Crippen LogP contribution in [0.4, 0.5) is 18.9 Å². The van der Waals surface area contributed by atoms with E-state index in [0.29, 0.717) is 30.5 Å². The molecule has 4 rings (SSSR count). The van der Waals surface area contributed by atoms with E-state index in [1.165, 1.54) is 0 Å². The number of carbonyl (C=O) groups excluding carboxylic acids is 2. The molecule has 2 amide bonds. The molecule has 33 heavy (non-hydrogen) atoms. The fourth-order valence-corrected chi connectivity index (χ4v) is 4.04. The summed E-state index contributed by atoms with van der Waals surface area (Å²) in [4.78, 5) is 38.1. The largest absolute Gasteiger partial charge is 0.490 e. The Morgan fingerprint density at radius 2 is 1.82 bits per heavy atom. The van der Waals surface area contributed by atoms with Gasteiger partial charge in [-0.15, -0.1) is 0 Å². The Labute approximate surface area is 186 Å². The van der Waals surface area contributed by atoms with Crippen molar-refractivity contribution in [3.63, 3.8) is 0 Å². The molecule has 0 spiro atoms. The van der Waals surface area contributed by atoms with Crippen molar-refractivity contribution in [3.05, 3.63) is 47.8 Å². The second-order valence-electron chi connectivity index (χ2n) is 7.59. The first-order chi connectivity index (χ1) is 15.5. The van der Waals surface area contributed by atoms with Crippen molar-refractivity contribution < 1.29 is 32.7 Å². The molecular weight excluding hydrogens is 443 g/mol. The van der Waals surface area contributed by atoms with Gasteiger partial charge in [-0.05, 0) is 37.1 Å². The van der Waals surface area contributed by atoms with E-state index < -0.39 is 12.1 Å². The third-order valence-corrected chi connectivity index (χ3v) is 5.50. The summed E-state index contributed by atoms with van der Waals surface area (Å²) in [6.45, 7) is 0.623. The highest BCUT2D eigenvalue weighted by molar-refractivity contribution is 5.97. The first-order valence-corrected chi connectivity index (χ1v) is 9.95. The predicted molar refractivity (Wildman–Crippen MR) is 108 cm³/mol. The summed E-state index contributed by atoms with van der Waals surface area (Å²) in [5.41, 5.74) is 1.90. The topological polar surface area (TPSA) is 120 Å². The normalized spacial score (nSPS) is 19.9. The summed E-state index contributed by atoms with van der Waals surface area (Å²) in [5, 5.41) is 20.2. The second-order valence-corrected chi connectivity index (χ2v) is 7.59. The van der Waals surface area contributed by atoms with Crippen LogP contribution < -0.4 is 4.90 Å². The first-order valence-electron chi connectivity index (χ1n) is 9.95. The maximum atomic E-state index is 13.0. The molecule has 2 aliphatic rings. The molecule has 3 heterocycles. The second kappa shape index (κ2) is 9.32. The van der Waals surface area contributed by atoms with Crippen LogP contribution in [-0.4, -0.2) is 62.4 Å². The number of hydrogen-bond acceptors (Lipinski definition) is 5. The predicted octanol–water partition coefficient (Wildman–Crippen LogP) is 2.34. The number of rotatable bonds is 2. The number of nitrogens with zero attached hydrogens (tertiary/aromatic N) is 5. The van der Waals surface area contributed by atoms with Crippen molar-refractivity contribution in [2.45, 2.75) is 37.5 Å². The minimum Gasteiger partial charge on any atom is -0.475 e. The molecule has 2 aromatic rings. The summed E-state index contributed by atoms with van der Waals surface area (Å²) >= 11 is 0. The number of piperidine rings is 1. The van der Waals surface area contributed by atoms with Crippen molar-refractivity contribution in [1.29, 1.82) is 5.26 Å². The molecule has 2 atom stereocenters. The Hall–Kier alpha value is -3.88. The standard InChI is InChI=1S/C19H19N5O2.C2HF3O2/c1-22-12-15(11-21-22)24-17-8-9-23(16(17)6-7-18(24)25)19(26)14-4-2-13(10-20)3-5-14;3-2(4,5)1(6)7/h2-5,11-12,16-17H,6-9H2,1H3;(H,6,7)/t16-,17-;/m1./s1. The van der Waals surface area contributed by atoms with E-state index >= 15 is 0 Å². The van der Waals surface area contributed by atoms with Gasteiger partial charge in [-0.2, -0.15) is 23.5 Å². The first kappa shape index (κ1) is 23.8. The fourth-order valence-electron chi connectivity index (χ4n) is 4.04. The van der Waals surface area contributed by atoms with Crippen molar-refractivity contribution >= 4 is 23.5 Å². The van der Waals surface area contributed by atoms with E-state index in [4.69, 9.17) is 15.2 Å². The molecule has 0 bridgehead atoms. The molecule has 0 unspecified atom stereocenters. The number of amides is 2.